The highest BCUT2D eigenvalue weighted by Gasteiger charge is 2.22. The number of carbonyl (C=O) groups excluding carboxylic acids is 2. The summed E-state index contributed by atoms with van der Waals surface area (Å²) in [6.45, 7) is 1.72. The molecule has 1 aromatic heterocycles. The van der Waals surface area contributed by atoms with Crippen molar-refractivity contribution in [3.63, 3.8) is 0 Å². The van der Waals surface area contributed by atoms with Crippen molar-refractivity contribution < 1.29 is 18.7 Å². The molecule has 1 heterocycles. The summed E-state index contributed by atoms with van der Waals surface area (Å²) in [5, 5.41) is 0. The highest BCUT2D eigenvalue weighted by molar-refractivity contribution is 6.11. The number of nitrogens with zero attached hydrogens (tertiary/aromatic N) is 2. The highest BCUT2D eigenvalue weighted by atomic mass is 16.5. The zero-order valence-electron chi connectivity index (χ0n) is 17.8. The largest absolute Gasteiger partial charge is 0.455 e. The van der Waals surface area contributed by atoms with Crippen molar-refractivity contribution in [2.24, 2.45) is 0 Å². The molecule has 0 spiro atoms. The first kappa shape index (κ1) is 21.1. The number of hydrogen-bond acceptors (Lipinski definition) is 5. The summed E-state index contributed by atoms with van der Waals surface area (Å²) in [5.74, 6) is 0.144. The van der Waals surface area contributed by atoms with Gasteiger partial charge in [0.2, 0.25) is 5.89 Å². The molecule has 0 aliphatic rings. The van der Waals surface area contributed by atoms with Gasteiger partial charge in [0.25, 0.3) is 5.91 Å². The van der Waals surface area contributed by atoms with E-state index in [2.05, 4.69) is 4.98 Å². The second-order valence-electron chi connectivity index (χ2n) is 7.21. The number of aromatic nitrogens is 1. The lowest BCUT2D eigenvalue weighted by Gasteiger charge is -2.18. The molecule has 0 radical (unpaired) electrons. The molecule has 32 heavy (non-hydrogen) atoms. The van der Waals surface area contributed by atoms with Gasteiger partial charge in [0.15, 0.2) is 0 Å². The topological polar surface area (TPSA) is 72.6 Å². The van der Waals surface area contributed by atoms with Crippen LogP contribution in [0.3, 0.4) is 0 Å². The van der Waals surface area contributed by atoms with Gasteiger partial charge >= 0.3 is 5.97 Å². The molecule has 4 aromatic rings. The molecule has 0 saturated heterocycles. The molecule has 0 aliphatic heterocycles. The summed E-state index contributed by atoms with van der Waals surface area (Å²) in [5.41, 5.74) is 2.57. The smallest absolute Gasteiger partial charge is 0.339 e. The lowest BCUT2D eigenvalue weighted by molar-refractivity contribution is 0.0464. The fraction of sp³-hybridized carbons (Fsp3) is 0.115. The molecule has 0 fully saturated rings. The fourth-order valence-corrected chi connectivity index (χ4v) is 3.27. The van der Waals surface area contributed by atoms with E-state index in [0.29, 0.717) is 17.3 Å². The van der Waals surface area contributed by atoms with Gasteiger partial charge in [-0.1, -0.05) is 48.5 Å². The molecule has 0 atom stereocenters. The lowest BCUT2D eigenvalue weighted by Crippen LogP contribution is -2.28. The van der Waals surface area contributed by atoms with Crippen LogP contribution in [-0.2, 0) is 11.3 Å². The number of para-hydroxylation sites is 1. The molecule has 0 saturated carbocycles. The van der Waals surface area contributed by atoms with Gasteiger partial charge in [-0.25, -0.2) is 9.78 Å². The van der Waals surface area contributed by atoms with Crippen molar-refractivity contribution in [2.75, 3.05) is 11.9 Å². The zero-order valence-corrected chi connectivity index (χ0v) is 17.8. The quantitative estimate of drug-likeness (QED) is 0.392. The monoisotopic (exact) mass is 426 g/mol. The van der Waals surface area contributed by atoms with Gasteiger partial charge < -0.3 is 14.1 Å². The van der Waals surface area contributed by atoms with E-state index in [-0.39, 0.29) is 23.6 Å². The van der Waals surface area contributed by atoms with Crippen molar-refractivity contribution in [3.8, 4) is 11.5 Å². The maximum absolute atomic E-state index is 13.0. The minimum atomic E-state index is -0.598. The molecule has 0 unspecified atom stereocenters. The van der Waals surface area contributed by atoms with Crippen LogP contribution in [0.15, 0.2) is 89.3 Å². The number of oxazole rings is 1. The van der Waals surface area contributed by atoms with E-state index in [0.717, 1.165) is 11.3 Å². The van der Waals surface area contributed by atoms with Gasteiger partial charge in [-0.2, -0.15) is 0 Å². The Labute approximate surface area is 186 Å². The SMILES string of the molecule is Cc1oc(-c2ccccc2)nc1COC(=O)c1ccccc1C(=O)N(C)c1ccccc1. The fourth-order valence-electron chi connectivity index (χ4n) is 3.27. The molecule has 0 N–H and O–H groups in total. The maximum Gasteiger partial charge on any atom is 0.339 e. The Morgan fingerprint density at radius 2 is 1.47 bits per heavy atom. The standard InChI is InChI=1S/C26H22N2O4/c1-18-23(27-24(32-18)19-11-5-3-6-12-19)17-31-26(30)22-16-10-9-15-21(22)25(29)28(2)20-13-7-4-8-14-20/h3-16H,17H2,1-2H3. The van der Waals surface area contributed by atoms with Crippen LogP contribution in [0, 0.1) is 6.92 Å². The van der Waals surface area contributed by atoms with Crippen molar-refractivity contribution in [2.45, 2.75) is 13.5 Å². The summed E-state index contributed by atoms with van der Waals surface area (Å²) in [7, 11) is 1.67. The van der Waals surface area contributed by atoms with Crippen LogP contribution in [0.5, 0.6) is 0 Å². The van der Waals surface area contributed by atoms with Gasteiger partial charge in [0, 0.05) is 18.3 Å². The minimum Gasteiger partial charge on any atom is -0.455 e. The number of esters is 1. The molecule has 3 aromatic carbocycles. The number of carbonyl (C=O) groups is 2. The van der Waals surface area contributed by atoms with Crippen LogP contribution in [0.1, 0.15) is 32.2 Å². The van der Waals surface area contributed by atoms with Crippen LogP contribution in [0.4, 0.5) is 5.69 Å². The van der Waals surface area contributed by atoms with Gasteiger partial charge in [-0.15, -0.1) is 0 Å². The second kappa shape index (κ2) is 9.31. The van der Waals surface area contributed by atoms with E-state index in [1.165, 1.54) is 4.90 Å². The second-order valence-corrected chi connectivity index (χ2v) is 7.21. The molecule has 1 amide bonds. The van der Waals surface area contributed by atoms with E-state index in [9.17, 15) is 9.59 Å². The summed E-state index contributed by atoms with van der Waals surface area (Å²) >= 11 is 0. The Balaban J connectivity index is 1.50. The van der Waals surface area contributed by atoms with Crippen LogP contribution in [0.25, 0.3) is 11.5 Å². The number of hydrogen-bond donors (Lipinski definition) is 0. The summed E-state index contributed by atoms with van der Waals surface area (Å²) in [6, 6.07) is 25.4. The molecular weight excluding hydrogens is 404 g/mol. The van der Waals surface area contributed by atoms with Crippen LogP contribution < -0.4 is 4.90 Å². The predicted molar refractivity (Wildman–Crippen MR) is 121 cm³/mol. The highest BCUT2D eigenvalue weighted by Crippen LogP contribution is 2.23. The van der Waals surface area contributed by atoms with Gasteiger partial charge in [-0.3, -0.25) is 4.79 Å². The summed E-state index contributed by atoms with van der Waals surface area (Å²) in [4.78, 5) is 31.8. The maximum atomic E-state index is 13.0. The van der Waals surface area contributed by atoms with Crippen molar-refractivity contribution >= 4 is 17.6 Å². The third-order valence-corrected chi connectivity index (χ3v) is 5.08. The van der Waals surface area contributed by atoms with Gasteiger partial charge in [-0.05, 0) is 43.3 Å². The number of aryl methyl sites for hydroxylation is 1. The lowest BCUT2D eigenvalue weighted by atomic mass is 10.1. The Kier molecular flexibility index (Phi) is 6.12. The average Bonchev–Trinajstić information content (AvgIpc) is 3.23. The Morgan fingerprint density at radius 3 is 2.16 bits per heavy atom. The molecule has 0 aliphatic carbocycles. The van der Waals surface area contributed by atoms with E-state index in [1.807, 2.05) is 60.7 Å². The normalized spacial score (nSPS) is 10.6. The first-order chi connectivity index (χ1) is 15.5. The predicted octanol–water partition coefficient (Wildman–Crippen LogP) is 5.28. The van der Waals surface area contributed by atoms with E-state index in [1.54, 1.807) is 38.2 Å². The first-order valence-corrected chi connectivity index (χ1v) is 10.2. The first-order valence-electron chi connectivity index (χ1n) is 10.2. The number of benzene rings is 3. The minimum absolute atomic E-state index is 0.0575. The van der Waals surface area contributed by atoms with E-state index in [4.69, 9.17) is 9.15 Å². The summed E-state index contributed by atoms with van der Waals surface area (Å²) < 4.78 is 11.2. The number of rotatable bonds is 6. The van der Waals surface area contributed by atoms with E-state index >= 15 is 0 Å². The molecular formula is C26H22N2O4. The Morgan fingerprint density at radius 1 is 0.875 bits per heavy atom. The van der Waals surface area contributed by atoms with Crippen LogP contribution >= 0.6 is 0 Å². The average molecular weight is 426 g/mol. The molecule has 160 valence electrons. The van der Waals surface area contributed by atoms with Crippen LogP contribution in [-0.4, -0.2) is 23.9 Å². The third-order valence-electron chi connectivity index (χ3n) is 5.08. The molecule has 6 heteroatoms. The van der Waals surface area contributed by atoms with Gasteiger partial charge in [0.05, 0.1) is 11.1 Å². The van der Waals surface area contributed by atoms with Crippen molar-refractivity contribution in [1.29, 1.82) is 0 Å². The third kappa shape index (κ3) is 4.44. The van der Waals surface area contributed by atoms with Crippen molar-refractivity contribution in [1.82, 2.24) is 4.98 Å². The van der Waals surface area contributed by atoms with Crippen molar-refractivity contribution in [3.05, 3.63) is 108 Å². The Bertz CT molecular complexity index is 1230. The Hall–Kier alpha value is -4.19. The number of anilines is 1. The van der Waals surface area contributed by atoms with E-state index < -0.39 is 5.97 Å². The molecule has 0 bridgehead atoms. The van der Waals surface area contributed by atoms with Gasteiger partial charge in [0.1, 0.15) is 18.1 Å². The number of ether oxygens (including phenoxy) is 1. The zero-order chi connectivity index (χ0) is 22.5. The van der Waals surface area contributed by atoms with Crippen LogP contribution in [0.2, 0.25) is 0 Å². The molecule has 4 rings (SSSR count). The summed E-state index contributed by atoms with van der Waals surface area (Å²) in [6.07, 6.45) is 0. The molecule has 6 nitrogen and oxygen atoms in total. The number of amides is 1.